The second-order valence-electron chi connectivity index (χ2n) is 8.04. The van der Waals surface area contributed by atoms with Gasteiger partial charge in [-0.25, -0.2) is 0 Å². The minimum Gasteiger partial charge on any atom is -0.497 e. The highest BCUT2D eigenvalue weighted by Crippen LogP contribution is 2.37. The SMILES string of the molecule is COc1ccc(C(=O)c2oc3c(ccc4oc(C(=O)c5ccc(OC)cc5)c(C)c43)c2C)cc1. The van der Waals surface area contributed by atoms with Crippen molar-refractivity contribution in [3.63, 3.8) is 0 Å². The van der Waals surface area contributed by atoms with Crippen molar-refractivity contribution < 1.29 is 27.9 Å². The van der Waals surface area contributed by atoms with Gasteiger partial charge in [-0.1, -0.05) is 0 Å². The molecule has 2 heterocycles. The zero-order chi connectivity index (χ0) is 24.0. The highest BCUT2D eigenvalue weighted by Gasteiger charge is 2.25. The number of carbonyl (C=O) groups is 2. The van der Waals surface area contributed by atoms with Crippen LogP contribution < -0.4 is 9.47 Å². The fraction of sp³-hybridized carbons (Fsp3) is 0.143. The van der Waals surface area contributed by atoms with E-state index in [1.165, 1.54) is 0 Å². The van der Waals surface area contributed by atoms with Crippen molar-refractivity contribution >= 4 is 33.5 Å². The molecule has 0 fully saturated rings. The first-order valence-electron chi connectivity index (χ1n) is 10.8. The number of benzene rings is 3. The van der Waals surface area contributed by atoms with E-state index in [9.17, 15) is 9.59 Å². The quantitative estimate of drug-likeness (QED) is 0.281. The second-order valence-corrected chi connectivity index (χ2v) is 8.04. The predicted molar refractivity (Wildman–Crippen MR) is 128 cm³/mol. The normalized spacial score (nSPS) is 11.2. The van der Waals surface area contributed by atoms with E-state index in [-0.39, 0.29) is 23.1 Å². The molecule has 0 aliphatic heterocycles. The first-order valence-corrected chi connectivity index (χ1v) is 10.8. The zero-order valence-corrected chi connectivity index (χ0v) is 19.2. The monoisotopic (exact) mass is 454 g/mol. The summed E-state index contributed by atoms with van der Waals surface area (Å²) < 4.78 is 22.4. The molecule has 170 valence electrons. The standard InChI is InChI=1S/C28H22O6/c1-15-21-13-14-22-23(16(2)27(33-22)25(30)18-7-11-20(32-4)12-8-18)28(21)34-26(15)24(29)17-5-9-19(31-3)10-6-17/h5-14H,1-4H3. The molecule has 3 aromatic carbocycles. The Morgan fingerprint density at radius 2 is 1.15 bits per heavy atom. The van der Waals surface area contributed by atoms with Crippen LogP contribution in [0.15, 0.2) is 69.5 Å². The van der Waals surface area contributed by atoms with Gasteiger partial charge in [0, 0.05) is 27.6 Å². The van der Waals surface area contributed by atoms with Gasteiger partial charge in [0.05, 0.1) is 19.6 Å². The number of hydrogen-bond acceptors (Lipinski definition) is 6. The molecule has 6 heteroatoms. The molecule has 5 aromatic rings. The lowest BCUT2D eigenvalue weighted by atomic mass is 10.0. The molecule has 0 radical (unpaired) electrons. The van der Waals surface area contributed by atoms with E-state index in [2.05, 4.69) is 0 Å². The molecule has 0 atom stereocenters. The molecule has 2 aromatic heterocycles. The fourth-order valence-corrected chi connectivity index (χ4v) is 4.19. The number of rotatable bonds is 6. The summed E-state index contributed by atoms with van der Waals surface area (Å²) >= 11 is 0. The molecule has 0 unspecified atom stereocenters. The Balaban J connectivity index is 1.61. The van der Waals surface area contributed by atoms with E-state index in [1.807, 2.05) is 19.9 Å². The first kappa shape index (κ1) is 21.5. The summed E-state index contributed by atoms with van der Waals surface area (Å²) in [5.74, 6) is 1.38. The number of ether oxygens (including phenoxy) is 2. The zero-order valence-electron chi connectivity index (χ0n) is 19.2. The van der Waals surface area contributed by atoms with Crippen molar-refractivity contribution in [1.82, 2.24) is 0 Å². The van der Waals surface area contributed by atoms with Crippen LogP contribution in [0.25, 0.3) is 21.9 Å². The Bertz CT molecular complexity index is 1550. The van der Waals surface area contributed by atoms with Crippen LogP contribution in [0.4, 0.5) is 0 Å². The number of furan rings is 2. The van der Waals surface area contributed by atoms with Gasteiger partial charge in [0.15, 0.2) is 11.5 Å². The molecule has 0 spiro atoms. The van der Waals surface area contributed by atoms with Crippen molar-refractivity contribution in [3.05, 3.63) is 94.4 Å². The average molecular weight is 454 g/mol. The molecule has 0 bridgehead atoms. The lowest BCUT2D eigenvalue weighted by Gasteiger charge is -2.02. The summed E-state index contributed by atoms with van der Waals surface area (Å²) in [7, 11) is 3.15. The van der Waals surface area contributed by atoms with E-state index >= 15 is 0 Å². The van der Waals surface area contributed by atoms with E-state index in [0.29, 0.717) is 44.7 Å². The van der Waals surface area contributed by atoms with Gasteiger partial charge < -0.3 is 18.3 Å². The highest BCUT2D eigenvalue weighted by molar-refractivity contribution is 6.16. The van der Waals surface area contributed by atoms with Crippen molar-refractivity contribution in [2.45, 2.75) is 13.8 Å². The minimum absolute atomic E-state index is 0.222. The number of carbonyl (C=O) groups excluding carboxylic acids is 2. The summed E-state index contributed by atoms with van der Waals surface area (Å²) in [5.41, 5.74) is 3.45. The summed E-state index contributed by atoms with van der Waals surface area (Å²) in [5, 5.41) is 1.49. The van der Waals surface area contributed by atoms with Gasteiger partial charge in [0.1, 0.15) is 22.7 Å². The minimum atomic E-state index is -0.234. The highest BCUT2D eigenvalue weighted by atomic mass is 16.5. The van der Waals surface area contributed by atoms with Gasteiger partial charge in [0.25, 0.3) is 0 Å². The van der Waals surface area contributed by atoms with Crippen molar-refractivity contribution in [2.75, 3.05) is 14.2 Å². The molecule has 0 aliphatic rings. The number of fused-ring (bicyclic) bond motifs is 3. The molecule has 6 nitrogen and oxygen atoms in total. The Kier molecular flexibility index (Phi) is 5.21. The van der Waals surface area contributed by atoms with E-state index in [4.69, 9.17) is 18.3 Å². The third kappa shape index (κ3) is 3.35. The van der Waals surface area contributed by atoms with Gasteiger partial charge in [-0.3, -0.25) is 9.59 Å². The van der Waals surface area contributed by atoms with Crippen LogP contribution in [0, 0.1) is 13.8 Å². The van der Waals surface area contributed by atoms with Crippen LogP contribution in [-0.2, 0) is 0 Å². The maximum absolute atomic E-state index is 13.2. The molecular formula is C28H22O6. The largest absolute Gasteiger partial charge is 0.497 e. The van der Waals surface area contributed by atoms with Gasteiger partial charge in [-0.15, -0.1) is 0 Å². The van der Waals surface area contributed by atoms with E-state index < -0.39 is 0 Å². The Labute approximate surface area is 195 Å². The maximum Gasteiger partial charge on any atom is 0.228 e. The fourth-order valence-electron chi connectivity index (χ4n) is 4.19. The molecule has 5 rings (SSSR count). The lowest BCUT2D eigenvalue weighted by Crippen LogP contribution is -2.01. The van der Waals surface area contributed by atoms with Crippen LogP contribution in [0.3, 0.4) is 0 Å². The van der Waals surface area contributed by atoms with Crippen LogP contribution in [0.2, 0.25) is 0 Å². The number of aryl methyl sites for hydroxylation is 2. The predicted octanol–water partition coefficient (Wildman–Crippen LogP) is 6.28. The molecule has 0 N–H and O–H groups in total. The average Bonchev–Trinajstić information content (AvgIpc) is 3.40. The number of ketones is 2. The summed E-state index contributed by atoms with van der Waals surface area (Å²) in [4.78, 5) is 26.3. The third-order valence-corrected chi connectivity index (χ3v) is 6.11. The molecule has 0 aliphatic carbocycles. The van der Waals surface area contributed by atoms with Crippen LogP contribution in [0.5, 0.6) is 11.5 Å². The van der Waals surface area contributed by atoms with Gasteiger partial charge in [-0.2, -0.15) is 0 Å². The smallest absolute Gasteiger partial charge is 0.228 e. The summed E-state index contributed by atoms with van der Waals surface area (Å²) in [6.45, 7) is 3.68. The molecule has 0 saturated carbocycles. The Morgan fingerprint density at radius 3 is 1.65 bits per heavy atom. The molecule has 34 heavy (non-hydrogen) atoms. The van der Waals surface area contributed by atoms with Crippen LogP contribution >= 0.6 is 0 Å². The molecule has 0 saturated heterocycles. The van der Waals surface area contributed by atoms with Crippen molar-refractivity contribution in [3.8, 4) is 11.5 Å². The lowest BCUT2D eigenvalue weighted by molar-refractivity contribution is 0.100. The first-order chi connectivity index (χ1) is 16.4. The second kappa shape index (κ2) is 8.23. The van der Waals surface area contributed by atoms with Crippen molar-refractivity contribution in [2.24, 2.45) is 0 Å². The summed E-state index contributed by atoms with van der Waals surface area (Å²) in [6.07, 6.45) is 0. The maximum atomic E-state index is 13.2. The molecular weight excluding hydrogens is 432 g/mol. The topological polar surface area (TPSA) is 78.9 Å². The summed E-state index contributed by atoms with van der Waals surface area (Å²) in [6, 6.07) is 17.4. The number of methoxy groups -OCH3 is 2. The van der Waals surface area contributed by atoms with Gasteiger partial charge >= 0.3 is 0 Å². The van der Waals surface area contributed by atoms with Crippen molar-refractivity contribution in [1.29, 1.82) is 0 Å². The third-order valence-electron chi connectivity index (χ3n) is 6.11. The van der Waals surface area contributed by atoms with E-state index in [1.54, 1.807) is 68.8 Å². The van der Waals surface area contributed by atoms with Crippen LogP contribution in [0.1, 0.15) is 43.4 Å². The van der Waals surface area contributed by atoms with Crippen LogP contribution in [-0.4, -0.2) is 25.8 Å². The van der Waals surface area contributed by atoms with E-state index in [0.717, 1.165) is 10.9 Å². The molecule has 0 amide bonds. The van der Waals surface area contributed by atoms with Gasteiger partial charge in [-0.05, 0) is 74.5 Å². The number of hydrogen-bond donors (Lipinski definition) is 0. The Morgan fingerprint density at radius 1 is 0.647 bits per heavy atom. The van der Waals surface area contributed by atoms with Gasteiger partial charge in [0.2, 0.25) is 11.6 Å². The Hall–Kier alpha value is -4.32.